The third-order valence-electron chi connectivity index (χ3n) is 2.59. The molecule has 2 rings (SSSR count). The molecular weight excluding hydrogens is 154 g/mol. The van der Waals surface area contributed by atoms with Gasteiger partial charge in [-0.2, -0.15) is 5.26 Å². The summed E-state index contributed by atoms with van der Waals surface area (Å²) in [5.41, 5.74) is 5.73. The molecule has 2 heterocycles. The summed E-state index contributed by atoms with van der Waals surface area (Å²) in [4.78, 5) is 0. The molecular formula is C8H13N3O. The van der Waals surface area contributed by atoms with Crippen LogP contribution in [0.2, 0.25) is 0 Å². The van der Waals surface area contributed by atoms with Crippen molar-refractivity contribution < 1.29 is 4.74 Å². The molecule has 4 atom stereocenters. The van der Waals surface area contributed by atoms with Gasteiger partial charge in [0.1, 0.15) is 6.10 Å². The van der Waals surface area contributed by atoms with Crippen LogP contribution in [0.15, 0.2) is 0 Å². The molecule has 0 aromatic heterocycles. The van der Waals surface area contributed by atoms with Crippen molar-refractivity contribution in [2.75, 3.05) is 0 Å². The first-order chi connectivity index (χ1) is 5.79. The first-order valence-corrected chi connectivity index (χ1v) is 4.36. The predicted molar refractivity (Wildman–Crippen MR) is 43.0 cm³/mol. The molecule has 0 aromatic rings. The SMILES string of the molecule is N#CC1CC2NC(N)CCC2O1. The molecule has 0 saturated carbocycles. The van der Waals surface area contributed by atoms with Crippen molar-refractivity contribution in [1.29, 1.82) is 5.26 Å². The Bertz CT molecular complexity index is 213. The van der Waals surface area contributed by atoms with Gasteiger partial charge in [0.15, 0.2) is 0 Å². The number of nitrogens with zero attached hydrogens (tertiary/aromatic N) is 1. The smallest absolute Gasteiger partial charge is 0.146 e. The largest absolute Gasteiger partial charge is 0.358 e. The van der Waals surface area contributed by atoms with E-state index >= 15 is 0 Å². The lowest BCUT2D eigenvalue weighted by Crippen LogP contribution is -2.52. The standard InChI is InChI=1S/C8H13N3O/c9-4-5-3-6-7(12-5)1-2-8(10)11-6/h5-8,11H,1-3,10H2. The van der Waals surface area contributed by atoms with E-state index in [9.17, 15) is 0 Å². The third kappa shape index (κ3) is 1.31. The number of ether oxygens (including phenoxy) is 1. The second-order valence-electron chi connectivity index (χ2n) is 3.48. The highest BCUT2D eigenvalue weighted by Crippen LogP contribution is 2.26. The lowest BCUT2D eigenvalue weighted by Gasteiger charge is -2.29. The minimum Gasteiger partial charge on any atom is -0.358 e. The van der Waals surface area contributed by atoms with Gasteiger partial charge < -0.3 is 10.5 Å². The van der Waals surface area contributed by atoms with Crippen molar-refractivity contribution in [2.45, 2.75) is 43.7 Å². The van der Waals surface area contributed by atoms with E-state index in [-0.39, 0.29) is 18.4 Å². The lowest BCUT2D eigenvalue weighted by atomic mass is 9.98. The van der Waals surface area contributed by atoms with Gasteiger partial charge in [-0.15, -0.1) is 0 Å². The predicted octanol–water partition coefficient (Wildman–Crippen LogP) is -0.296. The monoisotopic (exact) mass is 167 g/mol. The number of nitrogens with one attached hydrogen (secondary N) is 1. The van der Waals surface area contributed by atoms with Gasteiger partial charge in [0.05, 0.1) is 18.3 Å². The van der Waals surface area contributed by atoms with Gasteiger partial charge in [-0.1, -0.05) is 0 Å². The Morgan fingerprint density at radius 1 is 1.50 bits per heavy atom. The molecule has 4 unspecified atom stereocenters. The highest BCUT2D eigenvalue weighted by Gasteiger charge is 2.38. The van der Waals surface area contributed by atoms with Crippen LogP contribution < -0.4 is 11.1 Å². The summed E-state index contributed by atoms with van der Waals surface area (Å²) >= 11 is 0. The van der Waals surface area contributed by atoms with Crippen LogP contribution in [0, 0.1) is 11.3 Å². The summed E-state index contributed by atoms with van der Waals surface area (Å²) in [7, 11) is 0. The zero-order chi connectivity index (χ0) is 8.55. The fourth-order valence-electron chi connectivity index (χ4n) is 1.97. The van der Waals surface area contributed by atoms with Crippen molar-refractivity contribution in [3.63, 3.8) is 0 Å². The van der Waals surface area contributed by atoms with Crippen LogP contribution in [0.3, 0.4) is 0 Å². The van der Waals surface area contributed by atoms with E-state index in [0.29, 0.717) is 6.04 Å². The first-order valence-electron chi connectivity index (χ1n) is 4.36. The molecule has 0 radical (unpaired) electrons. The maximum absolute atomic E-state index is 8.64. The van der Waals surface area contributed by atoms with E-state index in [2.05, 4.69) is 11.4 Å². The quantitative estimate of drug-likeness (QED) is 0.520. The van der Waals surface area contributed by atoms with Gasteiger partial charge in [0, 0.05) is 12.5 Å². The molecule has 0 spiro atoms. The molecule has 4 heteroatoms. The van der Waals surface area contributed by atoms with Crippen molar-refractivity contribution >= 4 is 0 Å². The number of hydrogen-bond acceptors (Lipinski definition) is 4. The van der Waals surface area contributed by atoms with Crippen molar-refractivity contribution in [1.82, 2.24) is 5.32 Å². The minimum absolute atomic E-state index is 0.0901. The Morgan fingerprint density at radius 3 is 3.08 bits per heavy atom. The van der Waals surface area contributed by atoms with Crippen LogP contribution in [-0.2, 0) is 4.74 Å². The van der Waals surface area contributed by atoms with Crippen LogP contribution in [0.5, 0.6) is 0 Å². The summed E-state index contributed by atoms with van der Waals surface area (Å²) < 4.78 is 5.48. The van der Waals surface area contributed by atoms with E-state index in [0.717, 1.165) is 19.3 Å². The Kier molecular flexibility index (Phi) is 2.01. The first kappa shape index (κ1) is 7.99. The van der Waals surface area contributed by atoms with E-state index in [1.807, 2.05) is 0 Å². The average Bonchev–Trinajstić information content (AvgIpc) is 2.46. The number of rotatable bonds is 0. The van der Waals surface area contributed by atoms with Gasteiger partial charge >= 0.3 is 0 Å². The third-order valence-corrected chi connectivity index (χ3v) is 2.59. The van der Waals surface area contributed by atoms with Gasteiger partial charge in [0.2, 0.25) is 0 Å². The van der Waals surface area contributed by atoms with Crippen molar-refractivity contribution in [3.05, 3.63) is 0 Å². The van der Waals surface area contributed by atoms with E-state index < -0.39 is 0 Å². The van der Waals surface area contributed by atoms with Crippen LogP contribution in [-0.4, -0.2) is 24.4 Å². The Hall–Kier alpha value is -0.630. The fourth-order valence-corrected chi connectivity index (χ4v) is 1.97. The molecule has 66 valence electrons. The fraction of sp³-hybridized carbons (Fsp3) is 0.875. The average molecular weight is 167 g/mol. The van der Waals surface area contributed by atoms with E-state index in [1.165, 1.54) is 0 Å². The summed E-state index contributed by atoms with van der Waals surface area (Å²) in [5, 5.41) is 11.9. The van der Waals surface area contributed by atoms with E-state index in [4.69, 9.17) is 15.7 Å². The van der Waals surface area contributed by atoms with Crippen molar-refractivity contribution in [2.24, 2.45) is 5.73 Å². The topological polar surface area (TPSA) is 71.1 Å². The zero-order valence-electron chi connectivity index (χ0n) is 6.86. The molecule has 2 aliphatic heterocycles. The summed E-state index contributed by atoms with van der Waals surface area (Å²) in [6, 6.07) is 2.44. The van der Waals surface area contributed by atoms with Gasteiger partial charge in [-0.3, -0.25) is 5.32 Å². The maximum Gasteiger partial charge on any atom is 0.146 e. The lowest BCUT2D eigenvalue weighted by molar-refractivity contribution is 0.0440. The normalized spacial score (nSPS) is 46.7. The minimum atomic E-state index is -0.224. The van der Waals surface area contributed by atoms with Crippen molar-refractivity contribution in [3.8, 4) is 6.07 Å². The zero-order valence-corrected chi connectivity index (χ0v) is 6.86. The van der Waals surface area contributed by atoms with Gasteiger partial charge in [-0.25, -0.2) is 0 Å². The molecule has 2 aliphatic rings. The Morgan fingerprint density at radius 2 is 2.33 bits per heavy atom. The molecule has 12 heavy (non-hydrogen) atoms. The van der Waals surface area contributed by atoms with Crippen LogP contribution in [0.25, 0.3) is 0 Å². The van der Waals surface area contributed by atoms with Crippen LogP contribution in [0.1, 0.15) is 19.3 Å². The number of piperidine rings is 1. The summed E-state index contributed by atoms with van der Waals surface area (Å²) in [6.07, 6.45) is 2.80. The number of fused-ring (bicyclic) bond motifs is 1. The Balaban J connectivity index is 1.99. The number of nitriles is 1. The number of hydrogen-bond donors (Lipinski definition) is 2. The summed E-state index contributed by atoms with van der Waals surface area (Å²) in [5.74, 6) is 0. The molecule has 0 amide bonds. The Labute approximate surface area is 71.7 Å². The molecule has 4 nitrogen and oxygen atoms in total. The maximum atomic E-state index is 8.64. The highest BCUT2D eigenvalue weighted by atomic mass is 16.5. The number of nitrogens with two attached hydrogens (primary N) is 1. The molecule has 0 aliphatic carbocycles. The molecule has 3 N–H and O–H groups in total. The molecule has 2 saturated heterocycles. The molecule has 2 fully saturated rings. The van der Waals surface area contributed by atoms with Crippen LogP contribution in [0.4, 0.5) is 0 Å². The van der Waals surface area contributed by atoms with E-state index in [1.54, 1.807) is 0 Å². The van der Waals surface area contributed by atoms with Crippen LogP contribution >= 0.6 is 0 Å². The second-order valence-corrected chi connectivity index (χ2v) is 3.48. The van der Waals surface area contributed by atoms with Gasteiger partial charge in [0.25, 0.3) is 0 Å². The molecule has 0 aromatic carbocycles. The second kappa shape index (κ2) is 3.02. The summed E-state index contributed by atoms with van der Waals surface area (Å²) in [6.45, 7) is 0. The highest BCUT2D eigenvalue weighted by molar-refractivity contribution is 5.00. The van der Waals surface area contributed by atoms with Gasteiger partial charge in [-0.05, 0) is 12.8 Å². The molecule has 0 bridgehead atoms.